The summed E-state index contributed by atoms with van der Waals surface area (Å²) in [4.78, 5) is 16.3. The zero-order valence-corrected chi connectivity index (χ0v) is 11.5. The molecule has 0 aliphatic rings. The van der Waals surface area contributed by atoms with Crippen molar-refractivity contribution in [2.75, 3.05) is 0 Å². The fourth-order valence-electron chi connectivity index (χ4n) is 1.99. The maximum absolute atomic E-state index is 12.1. The summed E-state index contributed by atoms with van der Waals surface area (Å²) in [7, 11) is 0. The molecule has 0 spiro atoms. The number of nitrogens with two attached hydrogens (primary N) is 1. The van der Waals surface area contributed by atoms with E-state index in [0.717, 1.165) is 11.3 Å². The highest BCUT2D eigenvalue weighted by molar-refractivity contribution is 5.82. The summed E-state index contributed by atoms with van der Waals surface area (Å²) in [5, 5.41) is 2.89. The van der Waals surface area contributed by atoms with Gasteiger partial charge in [0.05, 0.1) is 17.8 Å². The number of aromatic nitrogens is 1. The van der Waals surface area contributed by atoms with Gasteiger partial charge >= 0.3 is 0 Å². The van der Waals surface area contributed by atoms with Gasteiger partial charge in [-0.3, -0.25) is 9.78 Å². The molecule has 4 heteroatoms. The summed E-state index contributed by atoms with van der Waals surface area (Å²) in [6.45, 7) is 1.90. The maximum Gasteiger partial charge on any atom is 0.237 e. The molecule has 1 aromatic heterocycles. The van der Waals surface area contributed by atoms with E-state index in [9.17, 15) is 4.79 Å². The predicted molar refractivity (Wildman–Crippen MR) is 78.9 cm³/mol. The van der Waals surface area contributed by atoms with Crippen LogP contribution in [-0.4, -0.2) is 16.9 Å². The standard InChI is InChI=1S/C16H19N3O/c1-12(15-9-5-6-10-18-15)19-16(20)14(17)11-13-7-3-2-4-8-13/h2-10,12,14H,11,17H2,1H3,(H,19,20). The number of hydrogen-bond acceptors (Lipinski definition) is 3. The molecule has 2 aromatic rings. The van der Waals surface area contributed by atoms with Crippen molar-refractivity contribution in [1.82, 2.24) is 10.3 Å². The van der Waals surface area contributed by atoms with Crippen LogP contribution in [0.15, 0.2) is 54.7 Å². The van der Waals surface area contributed by atoms with Gasteiger partial charge in [-0.15, -0.1) is 0 Å². The average molecular weight is 269 g/mol. The van der Waals surface area contributed by atoms with Gasteiger partial charge in [-0.25, -0.2) is 0 Å². The predicted octanol–water partition coefficient (Wildman–Crippen LogP) is 1.83. The van der Waals surface area contributed by atoms with Crippen molar-refractivity contribution >= 4 is 5.91 Å². The minimum atomic E-state index is -0.552. The summed E-state index contributed by atoms with van der Waals surface area (Å²) in [6, 6.07) is 14.7. The molecule has 3 N–H and O–H groups in total. The Hall–Kier alpha value is -2.20. The van der Waals surface area contributed by atoms with Crippen molar-refractivity contribution in [2.45, 2.75) is 25.4 Å². The molecule has 0 aliphatic heterocycles. The van der Waals surface area contributed by atoms with Gasteiger partial charge in [0.1, 0.15) is 0 Å². The van der Waals surface area contributed by atoms with E-state index in [1.54, 1.807) is 6.20 Å². The van der Waals surface area contributed by atoms with E-state index >= 15 is 0 Å². The lowest BCUT2D eigenvalue weighted by Crippen LogP contribution is -2.43. The van der Waals surface area contributed by atoms with Crippen LogP contribution in [-0.2, 0) is 11.2 Å². The Balaban J connectivity index is 1.91. The van der Waals surface area contributed by atoms with Crippen molar-refractivity contribution in [1.29, 1.82) is 0 Å². The van der Waals surface area contributed by atoms with E-state index in [1.807, 2.05) is 55.5 Å². The third-order valence-electron chi connectivity index (χ3n) is 3.13. The molecule has 0 radical (unpaired) electrons. The lowest BCUT2D eigenvalue weighted by molar-refractivity contribution is -0.123. The summed E-state index contributed by atoms with van der Waals surface area (Å²) in [5.74, 6) is -0.160. The zero-order valence-electron chi connectivity index (χ0n) is 11.5. The molecule has 2 unspecified atom stereocenters. The highest BCUT2D eigenvalue weighted by atomic mass is 16.2. The largest absolute Gasteiger partial charge is 0.347 e. The number of nitrogens with zero attached hydrogens (tertiary/aromatic N) is 1. The molecular weight excluding hydrogens is 250 g/mol. The lowest BCUT2D eigenvalue weighted by atomic mass is 10.1. The first-order chi connectivity index (χ1) is 9.66. The van der Waals surface area contributed by atoms with Gasteiger partial charge in [-0.05, 0) is 31.0 Å². The monoisotopic (exact) mass is 269 g/mol. The number of rotatable bonds is 5. The summed E-state index contributed by atoms with van der Waals surface area (Å²) in [6.07, 6.45) is 2.24. The van der Waals surface area contributed by atoms with Crippen LogP contribution in [0.2, 0.25) is 0 Å². The molecule has 1 amide bonds. The van der Waals surface area contributed by atoms with Crippen LogP contribution >= 0.6 is 0 Å². The van der Waals surface area contributed by atoms with E-state index < -0.39 is 6.04 Å². The quantitative estimate of drug-likeness (QED) is 0.870. The van der Waals surface area contributed by atoms with E-state index in [1.165, 1.54) is 0 Å². The molecule has 0 bridgehead atoms. The molecule has 20 heavy (non-hydrogen) atoms. The molecule has 1 aromatic carbocycles. The van der Waals surface area contributed by atoms with E-state index in [0.29, 0.717) is 6.42 Å². The van der Waals surface area contributed by atoms with Crippen LogP contribution in [0.5, 0.6) is 0 Å². The Morgan fingerprint density at radius 3 is 2.55 bits per heavy atom. The molecule has 0 aliphatic carbocycles. The van der Waals surface area contributed by atoms with Gasteiger partial charge < -0.3 is 11.1 Å². The zero-order chi connectivity index (χ0) is 14.4. The molecule has 4 nitrogen and oxygen atoms in total. The van der Waals surface area contributed by atoms with Crippen molar-refractivity contribution in [3.63, 3.8) is 0 Å². The van der Waals surface area contributed by atoms with Gasteiger partial charge in [0.15, 0.2) is 0 Å². The van der Waals surface area contributed by atoms with E-state index in [4.69, 9.17) is 5.73 Å². The first-order valence-electron chi connectivity index (χ1n) is 6.67. The van der Waals surface area contributed by atoms with Gasteiger partial charge in [0, 0.05) is 6.20 Å². The van der Waals surface area contributed by atoms with Crippen LogP contribution in [0.25, 0.3) is 0 Å². The number of carbonyl (C=O) groups excluding carboxylic acids is 1. The highest BCUT2D eigenvalue weighted by Gasteiger charge is 2.17. The third kappa shape index (κ3) is 3.90. The second-order valence-corrected chi connectivity index (χ2v) is 4.78. The van der Waals surface area contributed by atoms with Crippen LogP contribution in [0.3, 0.4) is 0 Å². The number of benzene rings is 1. The number of hydrogen-bond donors (Lipinski definition) is 2. The fraction of sp³-hybridized carbons (Fsp3) is 0.250. The highest BCUT2D eigenvalue weighted by Crippen LogP contribution is 2.09. The van der Waals surface area contributed by atoms with Gasteiger partial charge in [0.2, 0.25) is 5.91 Å². The summed E-state index contributed by atoms with van der Waals surface area (Å²) >= 11 is 0. The Labute approximate surface area is 119 Å². The Morgan fingerprint density at radius 1 is 1.20 bits per heavy atom. The van der Waals surface area contributed by atoms with Crippen LogP contribution in [0, 0.1) is 0 Å². The third-order valence-corrected chi connectivity index (χ3v) is 3.13. The summed E-state index contributed by atoms with van der Waals surface area (Å²) in [5.41, 5.74) is 7.83. The molecule has 2 rings (SSSR count). The first kappa shape index (κ1) is 14.2. The molecular formula is C16H19N3O. The molecule has 0 saturated carbocycles. The Kier molecular flexibility index (Phi) is 4.85. The molecule has 1 heterocycles. The van der Waals surface area contributed by atoms with Crippen molar-refractivity contribution < 1.29 is 4.79 Å². The van der Waals surface area contributed by atoms with Crippen molar-refractivity contribution in [3.05, 3.63) is 66.0 Å². The number of pyridine rings is 1. The minimum absolute atomic E-state index is 0.148. The average Bonchev–Trinajstić information content (AvgIpc) is 2.49. The molecule has 0 saturated heterocycles. The van der Waals surface area contributed by atoms with E-state index in [-0.39, 0.29) is 11.9 Å². The molecule has 104 valence electrons. The number of nitrogens with one attached hydrogen (secondary N) is 1. The molecule has 2 atom stereocenters. The molecule has 0 fully saturated rings. The van der Waals surface area contributed by atoms with Crippen LogP contribution in [0.1, 0.15) is 24.2 Å². The Bertz CT molecular complexity index is 542. The van der Waals surface area contributed by atoms with Crippen molar-refractivity contribution in [3.8, 4) is 0 Å². The number of amides is 1. The Morgan fingerprint density at radius 2 is 1.90 bits per heavy atom. The smallest absolute Gasteiger partial charge is 0.237 e. The van der Waals surface area contributed by atoms with E-state index in [2.05, 4.69) is 10.3 Å². The minimum Gasteiger partial charge on any atom is -0.347 e. The van der Waals surface area contributed by atoms with Crippen molar-refractivity contribution in [2.24, 2.45) is 5.73 Å². The second kappa shape index (κ2) is 6.82. The van der Waals surface area contributed by atoms with Crippen LogP contribution < -0.4 is 11.1 Å². The van der Waals surface area contributed by atoms with Gasteiger partial charge in [-0.2, -0.15) is 0 Å². The second-order valence-electron chi connectivity index (χ2n) is 4.78. The normalized spacial score (nSPS) is 13.5. The SMILES string of the molecule is CC(NC(=O)C(N)Cc1ccccc1)c1ccccn1. The number of carbonyl (C=O) groups is 1. The topological polar surface area (TPSA) is 68.0 Å². The van der Waals surface area contributed by atoms with Gasteiger partial charge in [0.25, 0.3) is 0 Å². The first-order valence-corrected chi connectivity index (χ1v) is 6.67. The summed E-state index contributed by atoms with van der Waals surface area (Å²) < 4.78 is 0. The van der Waals surface area contributed by atoms with Gasteiger partial charge in [-0.1, -0.05) is 36.4 Å². The maximum atomic E-state index is 12.1. The van der Waals surface area contributed by atoms with Crippen LogP contribution in [0.4, 0.5) is 0 Å². The fourth-order valence-corrected chi connectivity index (χ4v) is 1.99. The lowest BCUT2D eigenvalue weighted by Gasteiger charge is -2.17.